The summed E-state index contributed by atoms with van der Waals surface area (Å²) in [4.78, 5) is 12.7. The van der Waals surface area contributed by atoms with Gasteiger partial charge < -0.3 is 0 Å². The number of hydrogen-bond donors (Lipinski definition) is 0. The molecule has 1 aromatic heterocycles. The first kappa shape index (κ1) is 11.8. The summed E-state index contributed by atoms with van der Waals surface area (Å²) < 4.78 is 22.5. The van der Waals surface area contributed by atoms with Crippen molar-refractivity contribution in [1.29, 1.82) is 0 Å². The summed E-state index contributed by atoms with van der Waals surface area (Å²) in [7, 11) is -2.87. The summed E-state index contributed by atoms with van der Waals surface area (Å²) in [5, 5.41) is 1.90. The van der Waals surface area contributed by atoms with Crippen molar-refractivity contribution in [2.24, 2.45) is 5.92 Å². The highest BCUT2D eigenvalue weighted by Gasteiger charge is 2.30. The van der Waals surface area contributed by atoms with E-state index in [9.17, 15) is 13.2 Å². The van der Waals surface area contributed by atoms with E-state index in [0.29, 0.717) is 12.8 Å². The molecule has 0 radical (unpaired) electrons. The van der Waals surface area contributed by atoms with Gasteiger partial charge in [0.1, 0.15) is 0 Å². The Balaban J connectivity index is 2.02. The molecule has 88 valence electrons. The van der Waals surface area contributed by atoms with Crippen molar-refractivity contribution >= 4 is 27.0 Å². The van der Waals surface area contributed by atoms with Gasteiger partial charge in [0.05, 0.1) is 16.4 Å². The van der Waals surface area contributed by atoms with E-state index in [1.807, 2.05) is 18.4 Å². The molecule has 5 heteroatoms. The number of Topliss-reactive ketones (excluding diaryl/α,β-unsaturated/α-hetero) is 1. The second-order valence-electron chi connectivity index (χ2n) is 4.33. The summed E-state index contributed by atoms with van der Waals surface area (Å²) in [6.45, 7) is 1.91. The molecule has 0 amide bonds. The Morgan fingerprint density at radius 2 is 2.31 bits per heavy atom. The van der Waals surface area contributed by atoms with Gasteiger partial charge in [0.25, 0.3) is 0 Å². The van der Waals surface area contributed by atoms with Crippen molar-refractivity contribution in [3.63, 3.8) is 0 Å². The lowest BCUT2D eigenvalue weighted by Gasteiger charge is -2.05. The fraction of sp³-hybridized carbons (Fsp3) is 0.545. The lowest BCUT2D eigenvalue weighted by Crippen LogP contribution is -2.10. The molecule has 0 bridgehead atoms. The van der Waals surface area contributed by atoms with Gasteiger partial charge in [0.2, 0.25) is 0 Å². The third-order valence-corrected chi connectivity index (χ3v) is 5.81. The molecular formula is C11H14O3S2. The first-order valence-electron chi connectivity index (χ1n) is 5.25. The lowest BCUT2D eigenvalue weighted by atomic mass is 10.0. The summed E-state index contributed by atoms with van der Waals surface area (Å²) in [6, 6.07) is 1.92. The molecule has 1 aliphatic heterocycles. The zero-order valence-electron chi connectivity index (χ0n) is 9.10. The Morgan fingerprint density at radius 3 is 2.81 bits per heavy atom. The molecule has 0 aliphatic carbocycles. The number of hydrogen-bond acceptors (Lipinski definition) is 4. The first-order valence-corrected chi connectivity index (χ1v) is 7.96. The smallest absolute Gasteiger partial charge is 0.173 e. The number of thiophene rings is 1. The molecule has 0 saturated carbocycles. The Labute approximate surface area is 99.4 Å². The normalized spacial score (nSPS) is 23.4. The largest absolute Gasteiger partial charge is 0.293 e. The van der Waals surface area contributed by atoms with Crippen LogP contribution in [0.25, 0.3) is 0 Å². The molecule has 0 N–H and O–H groups in total. The minimum Gasteiger partial charge on any atom is -0.293 e. The Bertz CT molecular complexity index is 499. The van der Waals surface area contributed by atoms with E-state index in [1.165, 1.54) is 11.3 Å². The van der Waals surface area contributed by atoms with Gasteiger partial charge in [0.15, 0.2) is 15.6 Å². The van der Waals surface area contributed by atoms with E-state index in [4.69, 9.17) is 0 Å². The Morgan fingerprint density at radius 1 is 1.56 bits per heavy atom. The summed E-state index contributed by atoms with van der Waals surface area (Å²) in [5.41, 5.74) is 0.996. The Hall–Kier alpha value is -0.680. The highest BCUT2D eigenvalue weighted by atomic mass is 32.2. The molecular weight excluding hydrogens is 244 g/mol. The van der Waals surface area contributed by atoms with Crippen LogP contribution < -0.4 is 0 Å². The van der Waals surface area contributed by atoms with Crippen LogP contribution in [0.15, 0.2) is 11.4 Å². The van der Waals surface area contributed by atoms with Gasteiger partial charge in [-0.1, -0.05) is 0 Å². The predicted molar refractivity (Wildman–Crippen MR) is 64.8 cm³/mol. The van der Waals surface area contributed by atoms with Crippen LogP contribution in [0.1, 0.15) is 28.1 Å². The van der Waals surface area contributed by atoms with E-state index in [-0.39, 0.29) is 23.2 Å². The molecule has 0 aromatic carbocycles. The van der Waals surface area contributed by atoms with Gasteiger partial charge >= 0.3 is 0 Å². The topological polar surface area (TPSA) is 51.2 Å². The number of carbonyl (C=O) groups is 1. The van der Waals surface area contributed by atoms with E-state index < -0.39 is 9.84 Å². The van der Waals surface area contributed by atoms with Gasteiger partial charge in [-0.3, -0.25) is 4.79 Å². The molecule has 1 unspecified atom stereocenters. The number of ketones is 1. The molecule has 3 nitrogen and oxygen atoms in total. The van der Waals surface area contributed by atoms with E-state index in [0.717, 1.165) is 10.4 Å². The molecule has 2 rings (SSSR count). The second kappa shape index (κ2) is 4.30. The van der Waals surface area contributed by atoms with Crippen LogP contribution in [-0.2, 0) is 9.84 Å². The Kier molecular flexibility index (Phi) is 3.17. The van der Waals surface area contributed by atoms with Crippen molar-refractivity contribution in [1.82, 2.24) is 0 Å². The van der Waals surface area contributed by atoms with Gasteiger partial charge in [-0.25, -0.2) is 8.42 Å². The van der Waals surface area contributed by atoms with E-state index in [2.05, 4.69) is 0 Å². The lowest BCUT2D eigenvalue weighted by molar-refractivity contribution is 0.0969. The molecule has 1 aromatic rings. The fourth-order valence-electron chi connectivity index (χ4n) is 2.05. The number of rotatable bonds is 3. The van der Waals surface area contributed by atoms with Gasteiger partial charge in [0, 0.05) is 6.42 Å². The third kappa shape index (κ3) is 2.52. The number of aryl methyl sites for hydroxylation is 1. The van der Waals surface area contributed by atoms with Crippen molar-refractivity contribution in [2.75, 3.05) is 11.5 Å². The average Bonchev–Trinajstić information content (AvgIpc) is 2.72. The fourth-order valence-corrected chi connectivity index (χ4v) is 4.79. The van der Waals surface area contributed by atoms with Crippen LogP contribution in [0.5, 0.6) is 0 Å². The number of carbonyl (C=O) groups excluding carboxylic acids is 1. The summed E-state index contributed by atoms with van der Waals surface area (Å²) in [6.07, 6.45) is 1.01. The maximum atomic E-state index is 11.9. The van der Waals surface area contributed by atoms with Gasteiger partial charge in [-0.05, 0) is 36.3 Å². The molecule has 16 heavy (non-hydrogen) atoms. The quantitative estimate of drug-likeness (QED) is 0.780. The monoisotopic (exact) mass is 258 g/mol. The van der Waals surface area contributed by atoms with Crippen molar-refractivity contribution in [3.8, 4) is 0 Å². The molecule has 0 spiro atoms. The third-order valence-electron chi connectivity index (χ3n) is 2.92. The van der Waals surface area contributed by atoms with Crippen LogP contribution >= 0.6 is 11.3 Å². The van der Waals surface area contributed by atoms with Crippen molar-refractivity contribution in [3.05, 3.63) is 21.9 Å². The zero-order chi connectivity index (χ0) is 11.8. The highest BCUT2D eigenvalue weighted by Crippen LogP contribution is 2.25. The molecule has 1 fully saturated rings. The van der Waals surface area contributed by atoms with Crippen LogP contribution in [0.2, 0.25) is 0 Å². The first-order chi connectivity index (χ1) is 7.48. The van der Waals surface area contributed by atoms with Crippen molar-refractivity contribution in [2.45, 2.75) is 19.8 Å². The highest BCUT2D eigenvalue weighted by molar-refractivity contribution is 7.91. The van der Waals surface area contributed by atoms with Crippen LogP contribution in [-0.4, -0.2) is 25.7 Å². The average molecular weight is 258 g/mol. The maximum absolute atomic E-state index is 11.9. The van der Waals surface area contributed by atoms with Crippen LogP contribution in [0.3, 0.4) is 0 Å². The standard InChI is InChI=1S/C11H14O3S2/c1-8-2-4-15-11(8)10(12)6-9-3-5-16(13,14)7-9/h2,4,9H,3,5-7H2,1H3. The molecule has 2 heterocycles. The van der Waals surface area contributed by atoms with E-state index >= 15 is 0 Å². The van der Waals surface area contributed by atoms with E-state index in [1.54, 1.807) is 0 Å². The van der Waals surface area contributed by atoms with Gasteiger partial charge in [-0.15, -0.1) is 11.3 Å². The van der Waals surface area contributed by atoms with Crippen molar-refractivity contribution < 1.29 is 13.2 Å². The zero-order valence-corrected chi connectivity index (χ0v) is 10.7. The predicted octanol–water partition coefficient (Wildman–Crippen LogP) is 2.06. The minimum atomic E-state index is -2.87. The minimum absolute atomic E-state index is 0.0269. The second-order valence-corrected chi connectivity index (χ2v) is 7.47. The summed E-state index contributed by atoms with van der Waals surface area (Å²) >= 11 is 1.44. The molecule has 1 atom stereocenters. The number of sulfone groups is 1. The van der Waals surface area contributed by atoms with Gasteiger partial charge in [-0.2, -0.15) is 0 Å². The molecule has 1 aliphatic rings. The SMILES string of the molecule is Cc1ccsc1C(=O)CC1CCS(=O)(=O)C1. The molecule has 1 saturated heterocycles. The van der Waals surface area contributed by atoms with Crippen LogP contribution in [0, 0.1) is 12.8 Å². The summed E-state index contributed by atoms with van der Waals surface area (Å²) in [5.74, 6) is 0.547. The maximum Gasteiger partial charge on any atom is 0.173 e. The van der Waals surface area contributed by atoms with Crippen LogP contribution in [0.4, 0.5) is 0 Å².